The van der Waals surface area contributed by atoms with E-state index in [1.165, 1.54) is 12.1 Å². The van der Waals surface area contributed by atoms with Gasteiger partial charge >= 0.3 is 6.18 Å². The minimum atomic E-state index is -4.38. The highest BCUT2D eigenvalue weighted by molar-refractivity contribution is 7.09. The van der Waals surface area contributed by atoms with E-state index in [-0.39, 0.29) is 18.3 Å². The maximum Gasteiger partial charge on any atom is 0.416 e. The van der Waals surface area contributed by atoms with E-state index in [1.807, 2.05) is 12.3 Å². The second-order valence-electron chi connectivity index (χ2n) is 4.77. The van der Waals surface area contributed by atoms with Crippen molar-refractivity contribution in [3.05, 3.63) is 45.9 Å². The molecule has 23 heavy (non-hydrogen) atoms. The molecule has 0 unspecified atom stereocenters. The van der Waals surface area contributed by atoms with E-state index in [0.29, 0.717) is 13.0 Å². The summed E-state index contributed by atoms with van der Waals surface area (Å²) in [5.41, 5.74) is 0.157. The Labute approximate surface area is 135 Å². The van der Waals surface area contributed by atoms with Crippen molar-refractivity contribution in [2.45, 2.75) is 19.5 Å². The van der Waals surface area contributed by atoms with Crippen LogP contribution in [0.4, 0.5) is 13.2 Å². The average Bonchev–Trinajstić information content (AvgIpc) is 2.90. The van der Waals surface area contributed by atoms with Gasteiger partial charge in [-0.3, -0.25) is 4.79 Å². The number of nitrogens with zero attached hydrogens (tertiary/aromatic N) is 1. The predicted octanol–water partition coefficient (Wildman–Crippen LogP) is 3.21. The third-order valence-corrected chi connectivity index (χ3v) is 3.74. The van der Waals surface area contributed by atoms with Crippen LogP contribution >= 0.6 is 11.3 Å². The van der Waals surface area contributed by atoms with Gasteiger partial charge in [-0.25, -0.2) is 4.98 Å². The SMILES string of the molecule is Cc1nc(CCNC(=O)COc2ccc(C(F)(F)F)cc2)cs1. The van der Waals surface area contributed by atoms with Crippen LogP contribution in [0, 0.1) is 6.92 Å². The Kier molecular flexibility index (Phi) is 5.59. The number of aryl methyl sites for hydroxylation is 1. The largest absolute Gasteiger partial charge is 0.484 e. The van der Waals surface area contributed by atoms with Crippen LogP contribution in [0.5, 0.6) is 5.75 Å². The molecule has 1 N–H and O–H groups in total. The highest BCUT2D eigenvalue weighted by Gasteiger charge is 2.30. The van der Waals surface area contributed by atoms with Gasteiger partial charge in [-0.1, -0.05) is 0 Å². The van der Waals surface area contributed by atoms with E-state index in [4.69, 9.17) is 4.74 Å². The second kappa shape index (κ2) is 7.45. The standard InChI is InChI=1S/C15H15F3N2O2S/c1-10-20-12(9-23-10)6-7-19-14(21)8-22-13-4-2-11(3-5-13)15(16,17)18/h2-5,9H,6-8H2,1H3,(H,19,21). The number of ether oxygens (including phenoxy) is 1. The Hall–Kier alpha value is -2.09. The quantitative estimate of drug-likeness (QED) is 0.875. The molecule has 0 fully saturated rings. The molecule has 1 heterocycles. The molecule has 1 amide bonds. The first-order valence-electron chi connectivity index (χ1n) is 6.82. The zero-order chi connectivity index (χ0) is 16.9. The zero-order valence-corrected chi connectivity index (χ0v) is 13.1. The van der Waals surface area contributed by atoms with Crippen molar-refractivity contribution in [1.29, 1.82) is 0 Å². The smallest absolute Gasteiger partial charge is 0.416 e. The lowest BCUT2D eigenvalue weighted by Crippen LogP contribution is -2.30. The van der Waals surface area contributed by atoms with E-state index in [2.05, 4.69) is 10.3 Å². The van der Waals surface area contributed by atoms with Crippen molar-refractivity contribution in [2.75, 3.05) is 13.2 Å². The van der Waals surface area contributed by atoms with Crippen LogP contribution in [-0.4, -0.2) is 24.0 Å². The Morgan fingerprint density at radius 3 is 2.57 bits per heavy atom. The van der Waals surface area contributed by atoms with Crippen LogP contribution in [0.3, 0.4) is 0 Å². The predicted molar refractivity (Wildman–Crippen MR) is 80.5 cm³/mol. The highest BCUT2D eigenvalue weighted by atomic mass is 32.1. The van der Waals surface area contributed by atoms with Gasteiger partial charge in [0, 0.05) is 18.3 Å². The summed E-state index contributed by atoms with van der Waals surface area (Å²) >= 11 is 1.54. The fourth-order valence-corrected chi connectivity index (χ4v) is 2.44. The van der Waals surface area contributed by atoms with Gasteiger partial charge in [0.05, 0.1) is 16.3 Å². The summed E-state index contributed by atoms with van der Waals surface area (Å²) in [4.78, 5) is 15.9. The first-order valence-corrected chi connectivity index (χ1v) is 7.70. The summed E-state index contributed by atoms with van der Waals surface area (Å²) in [6.45, 7) is 2.09. The minimum Gasteiger partial charge on any atom is -0.484 e. The van der Waals surface area contributed by atoms with Gasteiger partial charge in [0.2, 0.25) is 0 Å². The number of alkyl halides is 3. The number of hydrogen-bond donors (Lipinski definition) is 1. The highest BCUT2D eigenvalue weighted by Crippen LogP contribution is 2.30. The summed E-state index contributed by atoms with van der Waals surface area (Å²) < 4.78 is 42.4. The van der Waals surface area contributed by atoms with E-state index < -0.39 is 11.7 Å². The number of amides is 1. The van der Waals surface area contributed by atoms with Gasteiger partial charge in [0.15, 0.2) is 6.61 Å². The van der Waals surface area contributed by atoms with Gasteiger partial charge in [0.1, 0.15) is 5.75 Å². The van der Waals surface area contributed by atoms with Crippen molar-refractivity contribution < 1.29 is 22.7 Å². The summed E-state index contributed by atoms with van der Waals surface area (Å²) in [6.07, 6.45) is -3.76. The third-order valence-electron chi connectivity index (χ3n) is 2.92. The number of carbonyl (C=O) groups is 1. The number of benzene rings is 1. The molecule has 0 aliphatic heterocycles. The molecule has 2 aromatic rings. The lowest BCUT2D eigenvalue weighted by atomic mass is 10.2. The fourth-order valence-electron chi connectivity index (χ4n) is 1.79. The number of thiazole rings is 1. The molecule has 0 bridgehead atoms. The third kappa shape index (κ3) is 5.55. The van der Waals surface area contributed by atoms with E-state index in [0.717, 1.165) is 22.8 Å². The molecule has 8 heteroatoms. The van der Waals surface area contributed by atoms with Gasteiger partial charge < -0.3 is 10.1 Å². The summed E-state index contributed by atoms with van der Waals surface area (Å²) in [6, 6.07) is 4.21. The van der Waals surface area contributed by atoms with Crippen LogP contribution in [0.25, 0.3) is 0 Å². The molecule has 124 valence electrons. The average molecular weight is 344 g/mol. The molecular weight excluding hydrogens is 329 g/mol. The molecule has 0 aliphatic rings. The summed E-state index contributed by atoms with van der Waals surface area (Å²) in [7, 11) is 0. The van der Waals surface area contributed by atoms with Crippen LogP contribution in [0.15, 0.2) is 29.6 Å². The Morgan fingerprint density at radius 1 is 1.30 bits per heavy atom. The molecule has 1 aromatic carbocycles. The van der Waals surface area contributed by atoms with Gasteiger partial charge in [-0.15, -0.1) is 11.3 Å². The topological polar surface area (TPSA) is 51.2 Å². The number of rotatable bonds is 6. The van der Waals surface area contributed by atoms with Crippen molar-refractivity contribution >= 4 is 17.2 Å². The zero-order valence-electron chi connectivity index (χ0n) is 12.3. The van der Waals surface area contributed by atoms with E-state index in [1.54, 1.807) is 11.3 Å². The van der Waals surface area contributed by atoms with Gasteiger partial charge in [0.25, 0.3) is 5.91 Å². The van der Waals surface area contributed by atoms with E-state index in [9.17, 15) is 18.0 Å². The van der Waals surface area contributed by atoms with Gasteiger partial charge in [-0.2, -0.15) is 13.2 Å². The number of hydrogen-bond acceptors (Lipinski definition) is 4. The number of halogens is 3. The first-order chi connectivity index (χ1) is 10.8. The monoisotopic (exact) mass is 344 g/mol. The Balaban J connectivity index is 1.71. The normalized spacial score (nSPS) is 11.3. The second-order valence-corrected chi connectivity index (χ2v) is 5.83. The molecule has 1 aromatic heterocycles. The molecule has 0 atom stereocenters. The van der Waals surface area contributed by atoms with Crippen molar-refractivity contribution in [3.63, 3.8) is 0 Å². The summed E-state index contributed by atoms with van der Waals surface area (Å²) in [5, 5.41) is 5.57. The molecule has 4 nitrogen and oxygen atoms in total. The number of aromatic nitrogens is 1. The molecule has 0 saturated heterocycles. The molecule has 2 rings (SSSR count). The van der Waals surface area contributed by atoms with Crippen LogP contribution in [0.1, 0.15) is 16.3 Å². The van der Waals surface area contributed by atoms with Crippen LogP contribution in [-0.2, 0) is 17.4 Å². The maximum absolute atomic E-state index is 12.4. The maximum atomic E-state index is 12.4. The van der Waals surface area contributed by atoms with Crippen molar-refractivity contribution in [2.24, 2.45) is 0 Å². The fraction of sp³-hybridized carbons (Fsp3) is 0.333. The van der Waals surface area contributed by atoms with Crippen LogP contribution in [0.2, 0.25) is 0 Å². The summed E-state index contributed by atoms with van der Waals surface area (Å²) in [5.74, 6) is -0.125. The molecule has 0 saturated carbocycles. The number of nitrogens with one attached hydrogen (secondary N) is 1. The molecule has 0 aliphatic carbocycles. The van der Waals surface area contributed by atoms with Crippen molar-refractivity contribution in [3.8, 4) is 5.75 Å². The lowest BCUT2D eigenvalue weighted by molar-refractivity contribution is -0.137. The minimum absolute atomic E-state index is 0.211. The van der Waals surface area contributed by atoms with Crippen molar-refractivity contribution in [1.82, 2.24) is 10.3 Å². The van der Waals surface area contributed by atoms with E-state index >= 15 is 0 Å². The number of carbonyl (C=O) groups excluding carboxylic acids is 1. The first kappa shape index (κ1) is 17.3. The molecular formula is C15H15F3N2O2S. The van der Waals surface area contributed by atoms with Crippen LogP contribution < -0.4 is 10.1 Å². The Morgan fingerprint density at radius 2 is 2.00 bits per heavy atom. The lowest BCUT2D eigenvalue weighted by Gasteiger charge is -2.09. The molecule has 0 radical (unpaired) electrons. The Bertz CT molecular complexity index is 653. The van der Waals surface area contributed by atoms with Gasteiger partial charge in [-0.05, 0) is 31.2 Å². The molecule has 0 spiro atoms.